The Balaban J connectivity index is 1.60. The Kier molecular flexibility index (Phi) is 8.06. The van der Waals surface area contributed by atoms with Crippen molar-refractivity contribution in [2.45, 2.75) is 24.7 Å². The molecule has 176 valence electrons. The van der Waals surface area contributed by atoms with Crippen LogP contribution in [0.15, 0.2) is 47.4 Å². The summed E-state index contributed by atoms with van der Waals surface area (Å²) in [6.07, 6.45) is 1.53. The smallest absolute Gasteiger partial charge is 0.338 e. The minimum Gasteiger partial charge on any atom is -0.462 e. The number of nitrogens with one attached hydrogen (secondary N) is 1. The number of carbonyl (C=O) groups excluding carboxylic acids is 3. The first-order valence-electron chi connectivity index (χ1n) is 10.3. The lowest BCUT2D eigenvalue weighted by Gasteiger charge is -2.17. The standard InChI is InChI=1S/C22H23ClN2O7S/c1-2-31-21(27)15-5-8-17(9-6-15)24-20(26)14-32-22(28)16-7-10-18(23)19(13-16)33(29,30)25-11-3-4-12-25/h5-10,13H,2-4,11-12,14H2,1H3,(H,24,26). The number of carbonyl (C=O) groups is 3. The van der Waals surface area contributed by atoms with Crippen molar-refractivity contribution >= 4 is 45.2 Å². The second-order valence-electron chi connectivity index (χ2n) is 7.18. The van der Waals surface area contributed by atoms with Crippen LogP contribution in [0.25, 0.3) is 0 Å². The van der Waals surface area contributed by atoms with E-state index in [9.17, 15) is 22.8 Å². The van der Waals surface area contributed by atoms with Crippen molar-refractivity contribution in [2.24, 2.45) is 0 Å². The Hall–Kier alpha value is -2.95. The summed E-state index contributed by atoms with van der Waals surface area (Å²) in [5, 5.41) is 2.54. The van der Waals surface area contributed by atoms with E-state index in [1.807, 2.05) is 0 Å². The van der Waals surface area contributed by atoms with Gasteiger partial charge in [0.05, 0.1) is 22.8 Å². The van der Waals surface area contributed by atoms with E-state index in [4.69, 9.17) is 21.1 Å². The van der Waals surface area contributed by atoms with E-state index in [0.717, 1.165) is 18.9 Å². The van der Waals surface area contributed by atoms with E-state index in [0.29, 0.717) is 24.3 Å². The van der Waals surface area contributed by atoms with Crippen LogP contribution in [0, 0.1) is 0 Å². The first-order valence-corrected chi connectivity index (χ1v) is 12.1. The molecule has 1 aliphatic heterocycles. The Labute approximate surface area is 196 Å². The molecule has 1 amide bonds. The molecule has 1 fully saturated rings. The third-order valence-corrected chi connectivity index (χ3v) is 7.24. The van der Waals surface area contributed by atoms with Gasteiger partial charge in [0.25, 0.3) is 5.91 Å². The molecular weight excluding hydrogens is 472 g/mol. The van der Waals surface area contributed by atoms with Crippen LogP contribution in [0.4, 0.5) is 5.69 Å². The number of anilines is 1. The molecule has 9 nitrogen and oxygen atoms in total. The summed E-state index contributed by atoms with van der Waals surface area (Å²) in [6.45, 7) is 2.16. The van der Waals surface area contributed by atoms with Gasteiger partial charge in [0.15, 0.2) is 6.61 Å². The van der Waals surface area contributed by atoms with Gasteiger partial charge in [-0.2, -0.15) is 4.31 Å². The van der Waals surface area contributed by atoms with E-state index in [2.05, 4.69) is 5.32 Å². The average Bonchev–Trinajstić information content (AvgIpc) is 3.34. The number of amides is 1. The lowest BCUT2D eigenvalue weighted by Crippen LogP contribution is -2.28. The van der Waals surface area contributed by atoms with Crippen LogP contribution in [0.3, 0.4) is 0 Å². The van der Waals surface area contributed by atoms with E-state index < -0.39 is 34.5 Å². The molecule has 0 radical (unpaired) electrons. The Morgan fingerprint density at radius 1 is 0.970 bits per heavy atom. The molecule has 0 aliphatic carbocycles. The minimum atomic E-state index is -3.83. The van der Waals surface area contributed by atoms with Gasteiger partial charge in [-0.05, 0) is 62.2 Å². The molecule has 3 rings (SSSR count). The number of nitrogens with zero attached hydrogens (tertiary/aromatic N) is 1. The molecule has 2 aromatic rings. The van der Waals surface area contributed by atoms with E-state index in [-0.39, 0.29) is 22.1 Å². The summed E-state index contributed by atoms with van der Waals surface area (Å²) >= 11 is 6.08. The van der Waals surface area contributed by atoms with Gasteiger partial charge in [-0.25, -0.2) is 18.0 Å². The van der Waals surface area contributed by atoms with Crippen molar-refractivity contribution in [1.82, 2.24) is 4.31 Å². The van der Waals surface area contributed by atoms with Crippen LogP contribution in [-0.2, 0) is 24.3 Å². The van der Waals surface area contributed by atoms with Gasteiger partial charge in [-0.15, -0.1) is 0 Å². The molecule has 0 bridgehead atoms. The number of rotatable bonds is 8. The molecule has 0 atom stereocenters. The summed E-state index contributed by atoms with van der Waals surface area (Å²) in [5.74, 6) is -1.94. The largest absolute Gasteiger partial charge is 0.462 e. The third-order valence-electron chi connectivity index (χ3n) is 4.86. The molecule has 11 heteroatoms. The van der Waals surface area contributed by atoms with Crippen LogP contribution in [-0.4, -0.2) is 56.9 Å². The lowest BCUT2D eigenvalue weighted by atomic mass is 10.2. The molecule has 0 unspecified atom stereocenters. The summed E-state index contributed by atoms with van der Waals surface area (Å²) < 4.78 is 36.8. The summed E-state index contributed by atoms with van der Waals surface area (Å²) in [7, 11) is -3.83. The summed E-state index contributed by atoms with van der Waals surface area (Å²) in [5.41, 5.74) is 0.696. The van der Waals surface area contributed by atoms with E-state index in [1.165, 1.54) is 40.7 Å². The van der Waals surface area contributed by atoms with Gasteiger partial charge >= 0.3 is 11.9 Å². The number of esters is 2. The highest BCUT2D eigenvalue weighted by molar-refractivity contribution is 7.89. The molecule has 0 spiro atoms. The van der Waals surface area contributed by atoms with Gasteiger partial charge < -0.3 is 14.8 Å². The maximum absolute atomic E-state index is 12.8. The van der Waals surface area contributed by atoms with Gasteiger partial charge in [-0.3, -0.25) is 4.79 Å². The van der Waals surface area contributed by atoms with E-state index >= 15 is 0 Å². The lowest BCUT2D eigenvalue weighted by molar-refractivity contribution is -0.119. The topological polar surface area (TPSA) is 119 Å². The number of hydrogen-bond acceptors (Lipinski definition) is 7. The highest BCUT2D eigenvalue weighted by Crippen LogP contribution is 2.28. The third kappa shape index (κ3) is 6.10. The minimum absolute atomic E-state index is 0.00228. The molecular formula is C22H23ClN2O7S. The normalized spacial score (nSPS) is 14.0. The molecule has 2 aromatic carbocycles. The fourth-order valence-electron chi connectivity index (χ4n) is 3.21. The molecule has 1 saturated heterocycles. The Morgan fingerprint density at radius 2 is 1.58 bits per heavy atom. The Bertz CT molecular complexity index is 1140. The maximum atomic E-state index is 12.8. The van der Waals surface area contributed by atoms with Crippen LogP contribution in [0.5, 0.6) is 0 Å². The zero-order valence-corrected chi connectivity index (χ0v) is 19.4. The number of hydrogen-bond donors (Lipinski definition) is 1. The SMILES string of the molecule is CCOC(=O)c1ccc(NC(=O)COC(=O)c2ccc(Cl)c(S(=O)(=O)N3CCCC3)c2)cc1. The molecule has 1 N–H and O–H groups in total. The summed E-state index contributed by atoms with van der Waals surface area (Å²) in [6, 6.07) is 9.82. The van der Waals surface area contributed by atoms with Crippen LogP contribution >= 0.6 is 11.6 Å². The van der Waals surface area contributed by atoms with Crippen molar-refractivity contribution in [3.05, 3.63) is 58.6 Å². The molecule has 0 aromatic heterocycles. The van der Waals surface area contributed by atoms with Crippen molar-refractivity contribution in [2.75, 3.05) is 31.6 Å². The van der Waals surface area contributed by atoms with Crippen molar-refractivity contribution < 1.29 is 32.3 Å². The predicted octanol–water partition coefficient (Wildman–Crippen LogP) is 3.10. The van der Waals surface area contributed by atoms with Crippen LogP contribution < -0.4 is 5.32 Å². The zero-order chi connectivity index (χ0) is 24.0. The second-order valence-corrected chi connectivity index (χ2v) is 9.49. The first-order chi connectivity index (χ1) is 15.7. The van der Waals surface area contributed by atoms with Gasteiger partial charge in [0.1, 0.15) is 4.90 Å². The monoisotopic (exact) mass is 494 g/mol. The first kappa shape index (κ1) is 24.7. The Morgan fingerprint density at radius 3 is 2.21 bits per heavy atom. The number of benzene rings is 2. The number of sulfonamides is 1. The van der Waals surface area contributed by atoms with Gasteiger partial charge in [0, 0.05) is 18.8 Å². The average molecular weight is 495 g/mol. The van der Waals surface area contributed by atoms with Gasteiger partial charge in [0.2, 0.25) is 10.0 Å². The second kappa shape index (κ2) is 10.8. The highest BCUT2D eigenvalue weighted by Gasteiger charge is 2.30. The fourth-order valence-corrected chi connectivity index (χ4v) is 5.23. The van der Waals surface area contributed by atoms with Crippen LogP contribution in [0.1, 0.15) is 40.5 Å². The predicted molar refractivity (Wildman–Crippen MR) is 121 cm³/mol. The zero-order valence-electron chi connectivity index (χ0n) is 17.9. The van der Waals surface area contributed by atoms with Gasteiger partial charge in [-0.1, -0.05) is 11.6 Å². The maximum Gasteiger partial charge on any atom is 0.338 e. The number of ether oxygens (including phenoxy) is 2. The molecule has 0 saturated carbocycles. The van der Waals surface area contributed by atoms with Crippen molar-refractivity contribution in [3.8, 4) is 0 Å². The van der Waals surface area contributed by atoms with Crippen molar-refractivity contribution in [3.63, 3.8) is 0 Å². The van der Waals surface area contributed by atoms with Crippen molar-refractivity contribution in [1.29, 1.82) is 0 Å². The molecule has 33 heavy (non-hydrogen) atoms. The quantitative estimate of drug-likeness (QED) is 0.560. The van der Waals surface area contributed by atoms with E-state index in [1.54, 1.807) is 6.92 Å². The number of halogens is 1. The van der Waals surface area contributed by atoms with Crippen LogP contribution in [0.2, 0.25) is 5.02 Å². The highest BCUT2D eigenvalue weighted by atomic mass is 35.5. The summed E-state index contributed by atoms with van der Waals surface area (Å²) in [4.78, 5) is 36.0. The molecule has 1 heterocycles. The fraction of sp³-hybridized carbons (Fsp3) is 0.318. The molecule has 1 aliphatic rings.